The number of carbonyl (C=O) groups excluding carboxylic acids is 2. The number of ether oxygens (including phenoxy) is 1. The highest BCUT2D eigenvalue weighted by Gasteiger charge is 2.17. The van der Waals surface area contributed by atoms with Gasteiger partial charge in [-0.15, -0.1) is 11.3 Å². The van der Waals surface area contributed by atoms with Crippen molar-refractivity contribution in [2.75, 3.05) is 7.11 Å². The molecule has 0 aliphatic heterocycles. The molecule has 112 valence electrons. The Morgan fingerprint density at radius 3 is 2.57 bits per heavy atom. The lowest BCUT2D eigenvalue weighted by molar-refractivity contribution is -0.120. The Bertz CT molecular complexity index is 644. The molecule has 4 heteroatoms. The quantitative estimate of drug-likeness (QED) is 0.748. The summed E-state index contributed by atoms with van der Waals surface area (Å²) in [5, 5.41) is 1.02. The third kappa shape index (κ3) is 3.32. The van der Waals surface area contributed by atoms with E-state index in [1.807, 2.05) is 12.1 Å². The summed E-state index contributed by atoms with van der Waals surface area (Å²) in [4.78, 5) is 24.3. The van der Waals surface area contributed by atoms with Crippen molar-refractivity contribution in [3.8, 4) is 5.75 Å². The molecule has 1 atom stereocenters. The fourth-order valence-corrected chi connectivity index (χ4v) is 3.29. The molecule has 21 heavy (non-hydrogen) atoms. The Balaban J connectivity index is 2.34. The number of benzene rings is 1. The second kappa shape index (κ2) is 6.39. The summed E-state index contributed by atoms with van der Waals surface area (Å²) < 4.78 is 6.47. The fraction of sp³-hybridized carbons (Fsp3) is 0.412. The summed E-state index contributed by atoms with van der Waals surface area (Å²) in [7, 11) is 1.66. The van der Waals surface area contributed by atoms with Crippen molar-refractivity contribution in [1.29, 1.82) is 0 Å². The zero-order chi connectivity index (χ0) is 15.6. The first-order chi connectivity index (χ1) is 9.96. The zero-order valence-electron chi connectivity index (χ0n) is 12.9. The molecule has 0 N–H and O–H groups in total. The van der Waals surface area contributed by atoms with Gasteiger partial charge in [0.1, 0.15) is 11.5 Å². The molecule has 0 saturated heterocycles. The van der Waals surface area contributed by atoms with Crippen molar-refractivity contribution in [3.05, 3.63) is 28.6 Å². The van der Waals surface area contributed by atoms with E-state index >= 15 is 0 Å². The summed E-state index contributed by atoms with van der Waals surface area (Å²) in [5.41, 5.74) is 1.14. The van der Waals surface area contributed by atoms with Gasteiger partial charge in [0.25, 0.3) is 0 Å². The number of fused-ring (bicyclic) bond motifs is 1. The number of ketones is 2. The maximum absolute atomic E-state index is 12.3. The van der Waals surface area contributed by atoms with Crippen LogP contribution in [0.5, 0.6) is 5.75 Å². The lowest BCUT2D eigenvalue weighted by Gasteiger charge is -2.05. The highest BCUT2D eigenvalue weighted by molar-refractivity contribution is 7.20. The van der Waals surface area contributed by atoms with Crippen molar-refractivity contribution in [2.45, 2.75) is 33.6 Å². The first-order valence-corrected chi connectivity index (χ1v) is 7.92. The minimum atomic E-state index is -0.219. The predicted molar refractivity (Wildman–Crippen MR) is 86.5 cm³/mol. The summed E-state index contributed by atoms with van der Waals surface area (Å²) in [6.45, 7) is 5.41. The molecule has 2 aromatic rings. The maximum atomic E-state index is 12.3. The number of thiophene rings is 1. The number of aryl methyl sites for hydroxylation is 1. The molecule has 0 saturated carbocycles. The van der Waals surface area contributed by atoms with Gasteiger partial charge in [0.15, 0.2) is 5.78 Å². The van der Waals surface area contributed by atoms with E-state index < -0.39 is 0 Å². The first kappa shape index (κ1) is 15.7. The summed E-state index contributed by atoms with van der Waals surface area (Å²) in [6.07, 6.45) is 1.17. The van der Waals surface area contributed by atoms with Gasteiger partial charge in [0.2, 0.25) is 0 Å². The lowest BCUT2D eigenvalue weighted by Crippen LogP contribution is -2.11. The Labute approximate surface area is 128 Å². The molecule has 2 rings (SSSR count). The second-order valence-corrected chi connectivity index (χ2v) is 6.39. The lowest BCUT2D eigenvalue weighted by atomic mass is 10.00. The highest BCUT2D eigenvalue weighted by Crippen LogP contribution is 2.33. The first-order valence-electron chi connectivity index (χ1n) is 7.10. The summed E-state index contributed by atoms with van der Waals surface area (Å²) in [5.74, 6) is 0.734. The molecule has 1 aromatic heterocycles. The third-order valence-corrected chi connectivity index (χ3v) is 4.90. The van der Waals surface area contributed by atoms with Gasteiger partial charge in [0, 0.05) is 17.0 Å². The Kier molecular flexibility index (Phi) is 4.78. The number of rotatable bonds is 6. The van der Waals surface area contributed by atoms with Gasteiger partial charge in [-0.2, -0.15) is 0 Å². The number of methoxy groups -OCH3 is 1. The molecule has 0 aliphatic rings. The normalized spacial score (nSPS) is 12.4. The Morgan fingerprint density at radius 1 is 1.29 bits per heavy atom. The van der Waals surface area contributed by atoms with Crippen LogP contribution in [0.4, 0.5) is 0 Å². The minimum absolute atomic E-state index is 0.0379. The molecular formula is C17H20O3S. The maximum Gasteiger partial charge on any atom is 0.173 e. The standard InChI is InChI=1S/C17H20O3S/c1-5-12-8-16-13(7-15(12)20-4)9-17(21-16)14(19)6-10(2)11(3)18/h7-10H,5-6H2,1-4H3/t10-/m0/s1. The van der Waals surface area contributed by atoms with Gasteiger partial charge >= 0.3 is 0 Å². The molecular weight excluding hydrogens is 284 g/mol. The molecule has 1 heterocycles. The van der Waals surface area contributed by atoms with Crippen molar-refractivity contribution in [1.82, 2.24) is 0 Å². The predicted octanol–water partition coefficient (Wildman–Crippen LogP) is 4.27. The van der Waals surface area contributed by atoms with E-state index in [9.17, 15) is 9.59 Å². The van der Waals surface area contributed by atoms with Crippen LogP contribution in [-0.4, -0.2) is 18.7 Å². The molecule has 0 unspecified atom stereocenters. The molecule has 0 radical (unpaired) electrons. The van der Waals surface area contributed by atoms with E-state index in [2.05, 4.69) is 13.0 Å². The van der Waals surface area contributed by atoms with E-state index in [4.69, 9.17) is 4.74 Å². The van der Waals surface area contributed by atoms with Crippen LogP contribution < -0.4 is 4.74 Å². The number of hydrogen-bond acceptors (Lipinski definition) is 4. The number of carbonyl (C=O) groups is 2. The molecule has 0 fully saturated rings. The number of Topliss-reactive ketones (excluding diaryl/α,β-unsaturated/α-hetero) is 2. The van der Waals surface area contributed by atoms with Crippen LogP contribution in [-0.2, 0) is 11.2 Å². The van der Waals surface area contributed by atoms with Crippen LogP contribution in [0.25, 0.3) is 10.1 Å². The van der Waals surface area contributed by atoms with Gasteiger partial charge in [-0.05, 0) is 42.5 Å². The molecule has 0 amide bonds. The van der Waals surface area contributed by atoms with Crippen molar-refractivity contribution in [2.24, 2.45) is 5.92 Å². The van der Waals surface area contributed by atoms with E-state index in [-0.39, 0.29) is 23.9 Å². The smallest absolute Gasteiger partial charge is 0.173 e. The van der Waals surface area contributed by atoms with Crippen molar-refractivity contribution >= 4 is 33.0 Å². The summed E-state index contributed by atoms with van der Waals surface area (Å²) >= 11 is 1.49. The van der Waals surface area contributed by atoms with Crippen LogP contribution in [0.2, 0.25) is 0 Å². The van der Waals surface area contributed by atoms with Crippen molar-refractivity contribution < 1.29 is 14.3 Å². The SMILES string of the molecule is CCc1cc2sc(C(=O)C[C@H](C)C(C)=O)cc2cc1OC. The fourth-order valence-electron chi connectivity index (χ4n) is 2.23. The third-order valence-electron chi connectivity index (χ3n) is 3.76. The topological polar surface area (TPSA) is 43.4 Å². The highest BCUT2D eigenvalue weighted by atomic mass is 32.1. The Hall–Kier alpha value is -1.68. The molecule has 0 bridgehead atoms. The van der Waals surface area contributed by atoms with E-state index in [0.717, 1.165) is 27.8 Å². The van der Waals surface area contributed by atoms with Crippen LogP contribution in [0.15, 0.2) is 18.2 Å². The average molecular weight is 304 g/mol. The van der Waals surface area contributed by atoms with Gasteiger partial charge in [-0.1, -0.05) is 13.8 Å². The average Bonchev–Trinajstić information content (AvgIpc) is 2.88. The monoisotopic (exact) mass is 304 g/mol. The van der Waals surface area contributed by atoms with E-state index in [0.29, 0.717) is 4.88 Å². The van der Waals surface area contributed by atoms with E-state index in [1.165, 1.54) is 18.3 Å². The minimum Gasteiger partial charge on any atom is -0.496 e. The van der Waals surface area contributed by atoms with Crippen LogP contribution in [0.3, 0.4) is 0 Å². The second-order valence-electron chi connectivity index (χ2n) is 5.31. The van der Waals surface area contributed by atoms with Crippen LogP contribution in [0.1, 0.15) is 42.4 Å². The van der Waals surface area contributed by atoms with Gasteiger partial charge in [0.05, 0.1) is 12.0 Å². The molecule has 3 nitrogen and oxygen atoms in total. The number of hydrogen-bond donors (Lipinski definition) is 0. The van der Waals surface area contributed by atoms with Gasteiger partial charge in [-0.25, -0.2) is 0 Å². The zero-order valence-corrected chi connectivity index (χ0v) is 13.7. The van der Waals surface area contributed by atoms with Gasteiger partial charge in [-0.3, -0.25) is 9.59 Å². The van der Waals surface area contributed by atoms with E-state index in [1.54, 1.807) is 14.0 Å². The van der Waals surface area contributed by atoms with Gasteiger partial charge < -0.3 is 4.74 Å². The van der Waals surface area contributed by atoms with Crippen molar-refractivity contribution in [3.63, 3.8) is 0 Å². The summed E-state index contributed by atoms with van der Waals surface area (Å²) in [6, 6.07) is 5.97. The van der Waals surface area contributed by atoms with Crippen LogP contribution in [0, 0.1) is 5.92 Å². The largest absolute Gasteiger partial charge is 0.496 e. The molecule has 1 aromatic carbocycles. The molecule has 0 aliphatic carbocycles. The molecule has 0 spiro atoms. The Morgan fingerprint density at radius 2 is 2.00 bits per heavy atom. The van der Waals surface area contributed by atoms with Crippen LogP contribution >= 0.6 is 11.3 Å².